The normalized spacial score (nSPS) is 14.5. The summed E-state index contributed by atoms with van der Waals surface area (Å²) in [6, 6.07) is 8.13. The van der Waals surface area contributed by atoms with Gasteiger partial charge >= 0.3 is 5.97 Å². The molecule has 0 amide bonds. The maximum atomic E-state index is 13.0. The highest BCUT2D eigenvalue weighted by molar-refractivity contribution is 6.29. The summed E-state index contributed by atoms with van der Waals surface area (Å²) >= 11 is 0. The number of carbonyl (C=O) groups excluding carboxylic acids is 1. The van der Waals surface area contributed by atoms with Gasteiger partial charge in [-0.3, -0.25) is 0 Å². The molecule has 2 aromatic rings. The zero-order chi connectivity index (χ0) is 26.5. The van der Waals surface area contributed by atoms with Crippen LogP contribution in [0.1, 0.15) is 108 Å². The highest BCUT2D eigenvalue weighted by Crippen LogP contribution is 2.32. The minimum absolute atomic E-state index is 0.290. The minimum Gasteiger partial charge on any atom is -0.490 e. The largest absolute Gasteiger partial charge is 0.490 e. The molecule has 0 saturated heterocycles. The number of hydrogen-bond acceptors (Lipinski definition) is 4. The van der Waals surface area contributed by atoms with E-state index in [1.165, 1.54) is 63.5 Å². The number of aryl methyl sites for hydroxylation is 2. The standard InChI is InChI=1S/C31H45N3O3/c1-5-8-9-10-11-12-13-14-15-16-24-18-19-25(33-24)22-27-30(37-21-6-2)28(31(35)36-7-3)29(34-27)26-20-17-23(4)32-26/h17-20,22,32-33H,5-16,21H2,1-4H3/b27-22-. The average Bonchev–Trinajstić information content (AvgIpc) is 3.61. The molecule has 1 aliphatic heterocycles. The lowest BCUT2D eigenvalue weighted by molar-refractivity contribution is -0.138. The van der Waals surface area contributed by atoms with E-state index in [-0.39, 0.29) is 6.61 Å². The lowest BCUT2D eigenvalue weighted by Gasteiger charge is -2.10. The molecule has 0 radical (unpaired) electrons. The van der Waals surface area contributed by atoms with Gasteiger partial charge in [-0.1, -0.05) is 65.2 Å². The Labute approximate surface area is 222 Å². The molecule has 2 N–H and O–H groups in total. The average molecular weight is 508 g/mol. The first kappa shape index (κ1) is 28.5. The van der Waals surface area contributed by atoms with Crippen LogP contribution in [0.15, 0.2) is 46.3 Å². The van der Waals surface area contributed by atoms with Crippen molar-refractivity contribution in [2.75, 3.05) is 13.2 Å². The molecule has 0 aromatic carbocycles. The number of nitrogens with zero attached hydrogens (tertiary/aromatic N) is 1. The fraction of sp³-hybridized carbons (Fsp3) is 0.548. The Morgan fingerprint density at radius 3 is 2.27 bits per heavy atom. The smallest absolute Gasteiger partial charge is 0.344 e. The van der Waals surface area contributed by atoms with Gasteiger partial charge < -0.3 is 19.4 Å². The SMILES string of the molecule is CCCCCCCCCCCc1ccc(/C=C2\N=C(c3ccc(C)[nH]3)C(C(=O)OCC)=C2OCCC)[nH]1. The number of rotatable bonds is 17. The number of esters is 1. The molecule has 6 nitrogen and oxygen atoms in total. The molecule has 0 saturated carbocycles. The molecule has 0 unspecified atom stereocenters. The molecular weight excluding hydrogens is 462 g/mol. The van der Waals surface area contributed by atoms with Gasteiger partial charge in [0.2, 0.25) is 0 Å². The van der Waals surface area contributed by atoms with E-state index in [0.717, 1.165) is 29.9 Å². The number of hydrogen-bond donors (Lipinski definition) is 2. The van der Waals surface area contributed by atoms with Crippen LogP contribution in [-0.2, 0) is 20.7 Å². The van der Waals surface area contributed by atoms with Crippen molar-refractivity contribution in [1.82, 2.24) is 9.97 Å². The van der Waals surface area contributed by atoms with Crippen molar-refractivity contribution >= 4 is 17.8 Å². The van der Waals surface area contributed by atoms with Crippen LogP contribution in [0, 0.1) is 6.92 Å². The summed E-state index contributed by atoms with van der Waals surface area (Å²) < 4.78 is 11.5. The number of aliphatic imine (C=N–C) groups is 1. The van der Waals surface area contributed by atoms with Gasteiger partial charge in [0.25, 0.3) is 0 Å². The first-order valence-electron chi connectivity index (χ1n) is 14.3. The van der Waals surface area contributed by atoms with Crippen molar-refractivity contribution < 1.29 is 14.3 Å². The lowest BCUT2D eigenvalue weighted by Crippen LogP contribution is -2.17. The van der Waals surface area contributed by atoms with Crippen LogP contribution in [0.4, 0.5) is 0 Å². The highest BCUT2D eigenvalue weighted by Gasteiger charge is 2.33. The summed E-state index contributed by atoms with van der Waals surface area (Å²) in [4.78, 5) is 24.6. The summed E-state index contributed by atoms with van der Waals surface area (Å²) in [5, 5.41) is 0. The van der Waals surface area contributed by atoms with Gasteiger partial charge in [0.05, 0.1) is 18.9 Å². The molecule has 0 bridgehead atoms. The third kappa shape index (κ3) is 8.51. The van der Waals surface area contributed by atoms with E-state index in [2.05, 4.69) is 29.0 Å². The summed E-state index contributed by atoms with van der Waals surface area (Å²) in [5.41, 5.74) is 5.53. The fourth-order valence-corrected chi connectivity index (χ4v) is 4.60. The summed E-state index contributed by atoms with van der Waals surface area (Å²) in [7, 11) is 0. The van der Waals surface area contributed by atoms with E-state index in [1.807, 2.05) is 32.1 Å². The van der Waals surface area contributed by atoms with Crippen molar-refractivity contribution in [3.05, 3.63) is 64.1 Å². The molecule has 0 fully saturated rings. The number of unbranched alkanes of at least 4 members (excludes halogenated alkanes) is 8. The van der Waals surface area contributed by atoms with E-state index < -0.39 is 5.97 Å². The van der Waals surface area contributed by atoms with Crippen LogP contribution in [0.25, 0.3) is 6.08 Å². The van der Waals surface area contributed by atoms with Gasteiger partial charge in [-0.2, -0.15) is 0 Å². The molecule has 3 heterocycles. The second-order valence-electron chi connectivity index (χ2n) is 9.84. The zero-order valence-electron chi connectivity index (χ0n) is 23.3. The second-order valence-corrected chi connectivity index (χ2v) is 9.84. The summed E-state index contributed by atoms with van der Waals surface area (Å²) in [6.07, 6.45) is 15.8. The maximum absolute atomic E-state index is 13.0. The Kier molecular flexibility index (Phi) is 11.8. The summed E-state index contributed by atoms with van der Waals surface area (Å²) in [5.74, 6) is 0.0678. The molecule has 0 spiro atoms. The van der Waals surface area contributed by atoms with Crippen molar-refractivity contribution in [3.63, 3.8) is 0 Å². The molecular formula is C31H45N3O3. The number of ether oxygens (including phenoxy) is 2. The van der Waals surface area contributed by atoms with Crippen molar-refractivity contribution in [3.8, 4) is 0 Å². The third-order valence-corrected chi connectivity index (χ3v) is 6.56. The van der Waals surface area contributed by atoms with E-state index >= 15 is 0 Å². The Morgan fingerprint density at radius 1 is 0.892 bits per heavy atom. The number of aromatic nitrogens is 2. The Hall–Kier alpha value is -3.02. The number of nitrogens with one attached hydrogen (secondary N) is 2. The number of aromatic amines is 2. The number of carbonyl (C=O) groups is 1. The van der Waals surface area contributed by atoms with E-state index in [1.54, 1.807) is 6.92 Å². The zero-order valence-corrected chi connectivity index (χ0v) is 23.3. The quantitative estimate of drug-likeness (QED) is 0.169. The lowest BCUT2D eigenvalue weighted by atomic mass is 10.1. The van der Waals surface area contributed by atoms with Crippen LogP contribution >= 0.6 is 0 Å². The van der Waals surface area contributed by atoms with Gasteiger partial charge in [-0.05, 0) is 63.5 Å². The maximum Gasteiger partial charge on any atom is 0.344 e. The van der Waals surface area contributed by atoms with Gasteiger partial charge in [0, 0.05) is 17.1 Å². The Bertz CT molecular complexity index is 1090. The Balaban J connectivity index is 1.70. The molecule has 0 atom stereocenters. The van der Waals surface area contributed by atoms with E-state index in [9.17, 15) is 4.79 Å². The third-order valence-electron chi connectivity index (χ3n) is 6.56. The topological polar surface area (TPSA) is 79.5 Å². The van der Waals surface area contributed by atoms with Crippen LogP contribution < -0.4 is 0 Å². The van der Waals surface area contributed by atoms with Gasteiger partial charge in [0.1, 0.15) is 17.0 Å². The molecule has 2 aromatic heterocycles. The minimum atomic E-state index is -0.416. The first-order valence-corrected chi connectivity index (χ1v) is 14.3. The summed E-state index contributed by atoms with van der Waals surface area (Å²) in [6.45, 7) is 8.88. The molecule has 202 valence electrons. The number of H-pyrrole nitrogens is 2. The first-order chi connectivity index (χ1) is 18.1. The van der Waals surface area contributed by atoms with Crippen LogP contribution in [0.3, 0.4) is 0 Å². The molecule has 1 aliphatic rings. The second kappa shape index (κ2) is 15.3. The van der Waals surface area contributed by atoms with Crippen molar-refractivity contribution in [2.24, 2.45) is 4.99 Å². The van der Waals surface area contributed by atoms with Crippen LogP contribution in [-0.4, -0.2) is 34.9 Å². The fourth-order valence-electron chi connectivity index (χ4n) is 4.60. The molecule has 6 heteroatoms. The highest BCUT2D eigenvalue weighted by atomic mass is 16.5. The van der Waals surface area contributed by atoms with Crippen molar-refractivity contribution in [1.29, 1.82) is 0 Å². The molecule has 37 heavy (non-hydrogen) atoms. The van der Waals surface area contributed by atoms with Gasteiger partial charge in [-0.15, -0.1) is 0 Å². The molecule has 3 rings (SSSR count). The predicted octanol–water partition coefficient (Wildman–Crippen LogP) is 7.81. The molecule has 0 aliphatic carbocycles. The van der Waals surface area contributed by atoms with Crippen LogP contribution in [0.5, 0.6) is 0 Å². The van der Waals surface area contributed by atoms with E-state index in [4.69, 9.17) is 14.5 Å². The van der Waals surface area contributed by atoms with Crippen LogP contribution in [0.2, 0.25) is 0 Å². The monoisotopic (exact) mass is 507 g/mol. The van der Waals surface area contributed by atoms with E-state index in [0.29, 0.717) is 29.3 Å². The predicted molar refractivity (Wildman–Crippen MR) is 152 cm³/mol. The Morgan fingerprint density at radius 2 is 1.62 bits per heavy atom. The van der Waals surface area contributed by atoms with Crippen molar-refractivity contribution in [2.45, 2.75) is 98.3 Å². The van der Waals surface area contributed by atoms with Gasteiger partial charge in [-0.25, -0.2) is 9.79 Å². The van der Waals surface area contributed by atoms with Gasteiger partial charge in [0.15, 0.2) is 5.76 Å².